The zero-order chi connectivity index (χ0) is 15.1. The summed E-state index contributed by atoms with van der Waals surface area (Å²) >= 11 is 19.3. The number of hydrogen-bond donors (Lipinski definition) is 1. The Morgan fingerprint density at radius 1 is 1.29 bits per heavy atom. The summed E-state index contributed by atoms with van der Waals surface area (Å²) in [7, 11) is 1.55. The van der Waals surface area contributed by atoms with Crippen molar-refractivity contribution in [2.24, 2.45) is 0 Å². The number of ether oxygens (including phenoxy) is 1. The number of fused-ring (bicyclic) bond motifs is 1. The number of rotatable bonds is 3. The average Bonchev–Trinajstić information content (AvgIpc) is 2.99. The fourth-order valence-electron chi connectivity index (χ4n) is 1.76. The maximum Gasteiger partial charge on any atom is 0.235 e. The molecule has 3 rings (SSSR count). The minimum Gasteiger partial charge on any atom is -0.506 e. The summed E-state index contributed by atoms with van der Waals surface area (Å²) in [6.45, 7) is 0.264. The maximum absolute atomic E-state index is 10.1. The van der Waals surface area contributed by atoms with Crippen LogP contribution >= 0.6 is 46.1 Å². The van der Waals surface area contributed by atoms with Gasteiger partial charge in [-0.2, -0.15) is 9.61 Å². The molecule has 0 unspecified atom stereocenters. The van der Waals surface area contributed by atoms with Gasteiger partial charge in [0, 0.05) is 7.11 Å². The van der Waals surface area contributed by atoms with Gasteiger partial charge in [0.1, 0.15) is 12.4 Å². The van der Waals surface area contributed by atoms with Gasteiger partial charge < -0.3 is 9.84 Å². The van der Waals surface area contributed by atoms with Crippen molar-refractivity contribution in [3.63, 3.8) is 0 Å². The Labute approximate surface area is 137 Å². The normalized spacial score (nSPS) is 11.4. The fourth-order valence-corrected chi connectivity index (χ4v) is 3.42. The zero-order valence-corrected chi connectivity index (χ0v) is 13.6. The van der Waals surface area contributed by atoms with Crippen LogP contribution in [0.4, 0.5) is 0 Å². The molecule has 6 nitrogen and oxygen atoms in total. The first-order valence-electron chi connectivity index (χ1n) is 5.59. The maximum atomic E-state index is 10.1. The molecule has 110 valence electrons. The summed E-state index contributed by atoms with van der Waals surface area (Å²) < 4.78 is 6.54. The van der Waals surface area contributed by atoms with E-state index in [4.69, 9.17) is 39.5 Å². The van der Waals surface area contributed by atoms with Crippen LogP contribution < -0.4 is 0 Å². The van der Waals surface area contributed by atoms with E-state index in [1.54, 1.807) is 7.11 Å². The molecule has 0 bridgehead atoms. The van der Waals surface area contributed by atoms with Crippen molar-refractivity contribution >= 4 is 51.1 Å². The van der Waals surface area contributed by atoms with Crippen molar-refractivity contribution < 1.29 is 9.84 Å². The Bertz CT molecular complexity index is 806. The molecule has 0 aliphatic rings. The molecule has 0 spiro atoms. The summed E-state index contributed by atoms with van der Waals surface area (Å²) in [5, 5.41) is 23.3. The van der Waals surface area contributed by atoms with E-state index in [9.17, 15) is 5.11 Å². The molecule has 1 aromatic carbocycles. The number of aromatic nitrogens is 4. The van der Waals surface area contributed by atoms with Gasteiger partial charge in [-0.1, -0.05) is 46.1 Å². The van der Waals surface area contributed by atoms with E-state index in [-0.39, 0.29) is 33.0 Å². The van der Waals surface area contributed by atoms with Crippen LogP contribution in [-0.2, 0) is 11.3 Å². The van der Waals surface area contributed by atoms with Crippen LogP contribution in [-0.4, -0.2) is 32.0 Å². The molecule has 2 aromatic heterocycles. The Hall–Kier alpha value is -1.12. The smallest absolute Gasteiger partial charge is 0.235 e. The van der Waals surface area contributed by atoms with Gasteiger partial charge in [0.15, 0.2) is 10.8 Å². The third-order valence-corrected chi connectivity index (χ3v) is 4.68. The monoisotopic (exact) mass is 364 g/mol. The second-order valence-electron chi connectivity index (χ2n) is 4.03. The van der Waals surface area contributed by atoms with Gasteiger partial charge in [-0.3, -0.25) is 0 Å². The summed E-state index contributed by atoms with van der Waals surface area (Å²) in [5.41, 5.74) is 0.271. The first kappa shape index (κ1) is 14.8. The van der Waals surface area contributed by atoms with Gasteiger partial charge in [-0.05, 0) is 6.07 Å². The van der Waals surface area contributed by atoms with Gasteiger partial charge in [0.05, 0.1) is 20.6 Å². The molecule has 0 saturated carbocycles. The van der Waals surface area contributed by atoms with E-state index >= 15 is 0 Å². The van der Waals surface area contributed by atoms with Crippen LogP contribution in [0.1, 0.15) is 5.82 Å². The number of hydrogen-bond acceptors (Lipinski definition) is 6. The molecule has 0 fully saturated rings. The zero-order valence-electron chi connectivity index (χ0n) is 10.5. The van der Waals surface area contributed by atoms with E-state index in [0.717, 1.165) is 0 Å². The second-order valence-corrected chi connectivity index (χ2v) is 6.18. The number of halogens is 3. The lowest BCUT2D eigenvalue weighted by molar-refractivity contribution is 0.176. The predicted molar refractivity (Wildman–Crippen MR) is 81.5 cm³/mol. The first-order valence-corrected chi connectivity index (χ1v) is 7.55. The van der Waals surface area contributed by atoms with Gasteiger partial charge in [-0.25, -0.2) is 0 Å². The van der Waals surface area contributed by atoms with Crippen LogP contribution in [0.25, 0.3) is 15.5 Å². The molecular weight excluding hydrogens is 359 g/mol. The Balaban J connectivity index is 2.21. The van der Waals surface area contributed by atoms with Crippen LogP contribution in [0.5, 0.6) is 5.75 Å². The van der Waals surface area contributed by atoms with Gasteiger partial charge in [0.25, 0.3) is 0 Å². The van der Waals surface area contributed by atoms with Crippen LogP contribution in [0.15, 0.2) is 6.07 Å². The minimum absolute atomic E-state index is 0.0995. The van der Waals surface area contributed by atoms with E-state index in [1.165, 1.54) is 21.9 Å². The third kappa shape index (κ3) is 2.45. The Morgan fingerprint density at radius 2 is 2.05 bits per heavy atom. The van der Waals surface area contributed by atoms with E-state index in [0.29, 0.717) is 15.8 Å². The highest BCUT2D eigenvalue weighted by molar-refractivity contribution is 7.20. The highest BCUT2D eigenvalue weighted by Gasteiger charge is 2.21. The number of aromatic hydroxyl groups is 1. The SMILES string of the molecule is COCc1nnc2sc(-c3c(O)c(Cl)cc(Cl)c3Cl)nn12. The molecule has 0 aliphatic heterocycles. The summed E-state index contributed by atoms with van der Waals surface area (Å²) in [6, 6.07) is 1.38. The topological polar surface area (TPSA) is 72.5 Å². The molecule has 0 radical (unpaired) electrons. The van der Waals surface area contributed by atoms with Crippen LogP contribution in [0.3, 0.4) is 0 Å². The molecule has 0 saturated heterocycles. The second kappa shape index (κ2) is 5.58. The van der Waals surface area contributed by atoms with E-state index < -0.39 is 0 Å². The summed E-state index contributed by atoms with van der Waals surface area (Å²) in [6.07, 6.45) is 0. The molecule has 0 atom stereocenters. The van der Waals surface area contributed by atoms with E-state index in [2.05, 4.69) is 15.3 Å². The molecule has 0 aliphatic carbocycles. The predicted octanol–water partition coefficient (Wildman–Crippen LogP) is 3.67. The molecule has 0 amide bonds. The lowest BCUT2D eigenvalue weighted by atomic mass is 10.2. The standard InChI is InChI=1S/C11H7Cl3N4O2S/c1-20-3-6-15-16-11-18(6)17-10(21-11)7-8(14)4(12)2-5(13)9(7)19/h2,19H,3H2,1H3. The van der Waals surface area contributed by atoms with Crippen LogP contribution in [0, 0.1) is 0 Å². The highest BCUT2D eigenvalue weighted by Crippen LogP contribution is 2.45. The Morgan fingerprint density at radius 3 is 2.76 bits per heavy atom. The summed E-state index contributed by atoms with van der Waals surface area (Å²) in [5.74, 6) is 0.364. The molecule has 3 aromatic rings. The van der Waals surface area contributed by atoms with Gasteiger partial charge in [-0.15, -0.1) is 10.2 Å². The number of phenols is 1. The lowest BCUT2D eigenvalue weighted by Gasteiger charge is -2.07. The fraction of sp³-hybridized carbons (Fsp3) is 0.182. The van der Waals surface area contributed by atoms with Crippen molar-refractivity contribution in [3.8, 4) is 16.3 Å². The number of methoxy groups -OCH3 is 1. The highest BCUT2D eigenvalue weighted by atomic mass is 35.5. The van der Waals surface area contributed by atoms with Crippen molar-refractivity contribution in [3.05, 3.63) is 27.0 Å². The molecule has 1 N–H and O–H groups in total. The molecule has 21 heavy (non-hydrogen) atoms. The first-order chi connectivity index (χ1) is 10.0. The Kier molecular flexibility index (Phi) is 3.94. The largest absolute Gasteiger partial charge is 0.506 e. The number of phenolic OH excluding ortho intramolecular Hbond substituents is 1. The summed E-state index contributed by atoms with van der Waals surface area (Å²) in [4.78, 5) is 0.545. The quantitative estimate of drug-likeness (QED) is 0.717. The van der Waals surface area contributed by atoms with Crippen molar-refractivity contribution in [1.82, 2.24) is 19.8 Å². The van der Waals surface area contributed by atoms with Crippen molar-refractivity contribution in [2.75, 3.05) is 7.11 Å². The number of benzene rings is 1. The van der Waals surface area contributed by atoms with E-state index in [1.807, 2.05) is 0 Å². The van der Waals surface area contributed by atoms with Gasteiger partial charge >= 0.3 is 0 Å². The molecular formula is C11H7Cl3N4O2S. The van der Waals surface area contributed by atoms with Crippen molar-refractivity contribution in [1.29, 1.82) is 0 Å². The third-order valence-electron chi connectivity index (χ3n) is 2.69. The molecule has 2 heterocycles. The lowest BCUT2D eigenvalue weighted by Crippen LogP contribution is -1.97. The van der Waals surface area contributed by atoms with Crippen LogP contribution in [0.2, 0.25) is 15.1 Å². The molecule has 10 heteroatoms. The average molecular weight is 366 g/mol. The number of nitrogens with zero attached hydrogens (tertiary/aromatic N) is 4. The van der Waals surface area contributed by atoms with Crippen molar-refractivity contribution in [2.45, 2.75) is 6.61 Å². The van der Waals surface area contributed by atoms with Gasteiger partial charge in [0.2, 0.25) is 4.96 Å². The minimum atomic E-state index is -0.177.